The molecule has 1 aromatic carbocycles. The van der Waals surface area contributed by atoms with Gasteiger partial charge in [0.25, 0.3) is 0 Å². The molecule has 0 aliphatic rings. The fourth-order valence-corrected chi connectivity index (χ4v) is 1.51. The number of phenolic OH excluding ortho intramolecular Hbond substituents is 1. The topological polar surface area (TPSA) is 64.1 Å². The molecule has 0 saturated heterocycles. The molecule has 4 heteroatoms. The number of imidazole rings is 1. The van der Waals surface area contributed by atoms with Crippen LogP contribution in [-0.4, -0.2) is 21.2 Å². The minimum absolute atomic E-state index is 0.267. The van der Waals surface area contributed by atoms with Crippen molar-refractivity contribution >= 4 is 0 Å². The summed E-state index contributed by atoms with van der Waals surface area (Å²) in [5.41, 5.74) is 7.54. The van der Waals surface area contributed by atoms with Crippen molar-refractivity contribution in [3.63, 3.8) is 0 Å². The molecule has 0 radical (unpaired) electrons. The van der Waals surface area contributed by atoms with E-state index in [-0.39, 0.29) is 5.75 Å². The molecule has 15 heavy (non-hydrogen) atoms. The predicted octanol–water partition coefficient (Wildman–Crippen LogP) is 1.21. The summed E-state index contributed by atoms with van der Waals surface area (Å²) in [6.45, 7) is 1.33. The molecule has 0 saturated carbocycles. The standard InChI is InChI=1S/C11H13N3O/c12-5-6-14-8-13-7-11(14)9-1-3-10(15)4-2-9/h1-4,7-8,15H,5-6,12H2. The molecule has 3 N–H and O–H groups in total. The third-order valence-electron chi connectivity index (χ3n) is 2.25. The Labute approximate surface area is 88.0 Å². The smallest absolute Gasteiger partial charge is 0.115 e. The van der Waals surface area contributed by atoms with Crippen LogP contribution in [0.3, 0.4) is 0 Å². The summed E-state index contributed by atoms with van der Waals surface area (Å²) in [7, 11) is 0. The Morgan fingerprint density at radius 2 is 2.00 bits per heavy atom. The van der Waals surface area contributed by atoms with Crippen molar-refractivity contribution in [3.05, 3.63) is 36.8 Å². The Morgan fingerprint density at radius 3 is 2.67 bits per heavy atom. The molecule has 0 atom stereocenters. The van der Waals surface area contributed by atoms with Crippen LogP contribution in [0.4, 0.5) is 0 Å². The molecule has 0 fully saturated rings. The predicted molar refractivity (Wildman–Crippen MR) is 58.4 cm³/mol. The van der Waals surface area contributed by atoms with Crippen molar-refractivity contribution in [3.8, 4) is 17.0 Å². The Morgan fingerprint density at radius 1 is 1.27 bits per heavy atom. The highest BCUT2D eigenvalue weighted by Gasteiger charge is 2.03. The first-order valence-corrected chi connectivity index (χ1v) is 4.81. The van der Waals surface area contributed by atoms with Crippen molar-refractivity contribution in [2.75, 3.05) is 6.54 Å². The largest absolute Gasteiger partial charge is 0.508 e. The second-order valence-electron chi connectivity index (χ2n) is 3.31. The summed E-state index contributed by atoms with van der Waals surface area (Å²) in [4.78, 5) is 4.08. The molecule has 2 aromatic rings. The van der Waals surface area contributed by atoms with Crippen LogP contribution in [0, 0.1) is 0 Å². The van der Waals surface area contributed by atoms with Crippen LogP contribution >= 0.6 is 0 Å². The van der Waals surface area contributed by atoms with E-state index in [1.54, 1.807) is 24.7 Å². The maximum Gasteiger partial charge on any atom is 0.115 e. The zero-order valence-electron chi connectivity index (χ0n) is 8.30. The Balaban J connectivity index is 2.36. The highest BCUT2D eigenvalue weighted by molar-refractivity contribution is 5.59. The number of hydrogen-bond donors (Lipinski definition) is 2. The van der Waals surface area contributed by atoms with Gasteiger partial charge in [-0.25, -0.2) is 4.98 Å². The van der Waals surface area contributed by atoms with E-state index >= 15 is 0 Å². The van der Waals surface area contributed by atoms with E-state index in [0.717, 1.165) is 17.8 Å². The van der Waals surface area contributed by atoms with Crippen molar-refractivity contribution in [2.24, 2.45) is 5.73 Å². The van der Waals surface area contributed by atoms with Crippen LogP contribution < -0.4 is 5.73 Å². The maximum atomic E-state index is 9.18. The molecular formula is C11H13N3O. The van der Waals surface area contributed by atoms with Gasteiger partial charge in [-0.2, -0.15) is 0 Å². The molecule has 0 amide bonds. The molecule has 0 unspecified atom stereocenters. The average molecular weight is 203 g/mol. The fourth-order valence-electron chi connectivity index (χ4n) is 1.51. The number of rotatable bonds is 3. The summed E-state index contributed by atoms with van der Waals surface area (Å²) in [5, 5.41) is 9.18. The number of aromatic hydroxyl groups is 1. The SMILES string of the molecule is NCCn1cncc1-c1ccc(O)cc1. The lowest BCUT2D eigenvalue weighted by molar-refractivity contribution is 0.475. The minimum Gasteiger partial charge on any atom is -0.508 e. The lowest BCUT2D eigenvalue weighted by Crippen LogP contribution is -2.09. The van der Waals surface area contributed by atoms with Crippen LogP contribution in [0.25, 0.3) is 11.3 Å². The Kier molecular flexibility index (Phi) is 2.69. The molecule has 4 nitrogen and oxygen atoms in total. The fraction of sp³-hybridized carbons (Fsp3) is 0.182. The van der Waals surface area contributed by atoms with Gasteiger partial charge in [-0.15, -0.1) is 0 Å². The van der Waals surface area contributed by atoms with Gasteiger partial charge in [0.1, 0.15) is 5.75 Å². The monoisotopic (exact) mass is 203 g/mol. The van der Waals surface area contributed by atoms with Gasteiger partial charge in [-0.1, -0.05) is 0 Å². The molecule has 78 valence electrons. The average Bonchev–Trinajstić information content (AvgIpc) is 2.68. The van der Waals surface area contributed by atoms with Crippen molar-refractivity contribution in [2.45, 2.75) is 6.54 Å². The molecule has 1 aromatic heterocycles. The molecule has 1 heterocycles. The van der Waals surface area contributed by atoms with Crippen LogP contribution in [0.15, 0.2) is 36.8 Å². The van der Waals surface area contributed by atoms with E-state index in [0.29, 0.717) is 6.54 Å². The number of aromatic nitrogens is 2. The second kappa shape index (κ2) is 4.14. The summed E-state index contributed by atoms with van der Waals surface area (Å²) in [6, 6.07) is 7.04. The zero-order chi connectivity index (χ0) is 10.7. The summed E-state index contributed by atoms with van der Waals surface area (Å²) >= 11 is 0. The summed E-state index contributed by atoms with van der Waals surface area (Å²) in [5.74, 6) is 0.267. The van der Waals surface area contributed by atoms with Crippen molar-refractivity contribution in [1.82, 2.24) is 9.55 Å². The van der Waals surface area contributed by atoms with Gasteiger partial charge in [0.2, 0.25) is 0 Å². The lowest BCUT2D eigenvalue weighted by atomic mass is 10.1. The van der Waals surface area contributed by atoms with Gasteiger partial charge in [0, 0.05) is 18.7 Å². The maximum absolute atomic E-state index is 9.18. The first-order valence-electron chi connectivity index (χ1n) is 4.81. The normalized spacial score (nSPS) is 10.5. The molecule has 0 bridgehead atoms. The van der Waals surface area contributed by atoms with E-state index < -0.39 is 0 Å². The van der Waals surface area contributed by atoms with E-state index in [1.165, 1.54) is 0 Å². The van der Waals surface area contributed by atoms with E-state index in [4.69, 9.17) is 5.73 Å². The van der Waals surface area contributed by atoms with Crippen LogP contribution in [0.5, 0.6) is 5.75 Å². The van der Waals surface area contributed by atoms with Gasteiger partial charge < -0.3 is 15.4 Å². The number of hydrogen-bond acceptors (Lipinski definition) is 3. The lowest BCUT2D eigenvalue weighted by Gasteiger charge is -2.06. The quantitative estimate of drug-likeness (QED) is 0.788. The van der Waals surface area contributed by atoms with E-state index in [2.05, 4.69) is 4.98 Å². The third kappa shape index (κ3) is 1.99. The van der Waals surface area contributed by atoms with Gasteiger partial charge in [0.05, 0.1) is 18.2 Å². The molecular weight excluding hydrogens is 190 g/mol. The zero-order valence-corrected chi connectivity index (χ0v) is 8.30. The van der Waals surface area contributed by atoms with Crippen LogP contribution in [0.2, 0.25) is 0 Å². The number of nitrogens with zero attached hydrogens (tertiary/aromatic N) is 2. The van der Waals surface area contributed by atoms with E-state index in [1.807, 2.05) is 16.7 Å². The van der Waals surface area contributed by atoms with Gasteiger partial charge in [0.15, 0.2) is 0 Å². The highest BCUT2D eigenvalue weighted by Crippen LogP contribution is 2.21. The molecule has 0 aliphatic heterocycles. The second-order valence-corrected chi connectivity index (χ2v) is 3.31. The summed E-state index contributed by atoms with van der Waals surface area (Å²) in [6.07, 6.45) is 3.55. The minimum atomic E-state index is 0.267. The molecule has 2 rings (SSSR count). The summed E-state index contributed by atoms with van der Waals surface area (Å²) < 4.78 is 1.99. The van der Waals surface area contributed by atoms with E-state index in [9.17, 15) is 5.11 Å². The molecule has 0 aliphatic carbocycles. The third-order valence-corrected chi connectivity index (χ3v) is 2.25. The highest BCUT2D eigenvalue weighted by atomic mass is 16.3. The number of phenols is 1. The first kappa shape index (κ1) is 9.73. The number of benzene rings is 1. The van der Waals surface area contributed by atoms with Gasteiger partial charge in [-0.3, -0.25) is 0 Å². The first-order chi connectivity index (χ1) is 7.31. The molecule has 0 spiro atoms. The van der Waals surface area contributed by atoms with Gasteiger partial charge in [-0.05, 0) is 24.3 Å². The van der Waals surface area contributed by atoms with Crippen LogP contribution in [-0.2, 0) is 6.54 Å². The van der Waals surface area contributed by atoms with Crippen LogP contribution in [0.1, 0.15) is 0 Å². The van der Waals surface area contributed by atoms with Crippen molar-refractivity contribution in [1.29, 1.82) is 0 Å². The number of nitrogens with two attached hydrogens (primary N) is 1. The van der Waals surface area contributed by atoms with Crippen molar-refractivity contribution < 1.29 is 5.11 Å². The Hall–Kier alpha value is -1.81. The van der Waals surface area contributed by atoms with Gasteiger partial charge >= 0.3 is 0 Å². The Bertz CT molecular complexity index is 433.